The van der Waals surface area contributed by atoms with Crippen molar-refractivity contribution >= 4 is 22.4 Å². The van der Waals surface area contributed by atoms with E-state index in [4.69, 9.17) is 0 Å². The van der Waals surface area contributed by atoms with Crippen molar-refractivity contribution in [1.29, 1.82) is 0 Å². The van der Waals surface area contributed by atoms with Crippen LogP contribution in [0.3, 0.4) is 0 Å². The first-order valence-corrected chi connectivity index (χ1v) is 9.38. The molecule has 0 unspecified atom stereocenters. The molecule has 1 aliphatic rings. The van der Waals surface area contributed by atoms with Gasteiger partial charge in [-0.05, 0) is 42.0 Å². The molecule has 0 atom stereocenters. The number of benzene rings is 1. The van der Waals surface area contributed by atoms with Crippen LogP contribution in [0.1, 0.15) is 5.56 Å². The molecule has 0 aliphatic carbocycles. The summed E-state index contributed by atoms with van der Waals surface area (Å²) < 4.78 is 15.4. The van der Waals surface area contributed by atoms with Gasteiger partial charge < -0.3 is 14.3 Å². The fraction of sp³-hybridized carbons (Fsp3) is 0.238. The van der Waals surface area contributed by atoms with Crippen LogP contribution in [0, 0.1) is 5.82 Å². The third-order valence-corrected chi connectivity index (χ3v) is 5.33. The molecule has 1 N–H and O–H groups in total. The first-order valence-electron chi connectivity index (χ1n) is 9.38. The summed E-state index contributed by atoms with van der Waals surface area (Å²) in [5.41, 5.74) is 2.30. The maximum absolute atomic E-state index is 13.5. The Bertz CT molecular complexity index is 1190. The van der Waals surface area contributed by atoms with Gasteiger partial charge in [0.05, 0.1) is 10.9 Å². The molecule has 4 heterocycles. The van der Waals surface area contributed by atoms with E-state index >= 15 is 0 Å². The number of nitrogens with zero attached hydrogens (tertiary/aromatic N) is 4. The molecule has 1 saturated heterocycles. The maximum atomic E-state index is 13.5. The number of rotatable bonds is 3. The van der Waals surface area contributed by atoms with Crippen molar-refractivity contribution in [3.63, 3.8) is 0 Å². The van der Waals surface area contributed by atoms with Crippen LogP contribution in [0.5, 0.6) is 0 Å². The highest BCUT2D eigenvalue weighted by Crippen LogP contribution is 2.19. The lowest BCUT2D eigenvalue weighted by atomic mass is 10.2. The average molecular weight is 377 g/mol. The fourth-order valence-electron chi connectivity index (χ4n) is 3.92. The molecule has 6 nitrogen and oxygen atoms in total. The number of hydrogen-bond donors (Lipinski definition) is 1. The van der Waals surface area contributed by atoms with E-state index in [1.54, 1.807) is 6.07 Å². The van der Waals surface area contributed by atoms with Crippen LogP contribution in [-0.2, 0) is 6.54 Å². The highest BCUT2D eigenvalue weighted by atomic mass is 19.1. The van der Waals surface area contributed by atoms with Gasteiger partial charge in [0.15, 0.2) is 0 Å². The number of piperazine rings is 1. The Balaban J connectivity index is 1.36. The molecule has 142 valence electrons. The Morgan fingerprint density at radius 3 is 2.71 bits per heavy atom. The van der Waals surface area contributed by atoms with E-state index in [0.29, 0.717) is 10.9 Å². The number of anilines is 1. The van der Waals surface area contributed by atoms with Gasteiger partial charge in [0.25, 0.3) is 5.56 Å². The summed E-state index contributed by atoms with van der Waals surface area (Å²) in [6.45, 7) is 4.58. The maximum Gasteiger partial charge on any atom is 0.259 e. The molecular weight excluding hydrogens is 357 g/mol. The minimum absolute atomic E-state index is 0.268. The first-order chi connectivity index (χ1) is 13.7. The zero-order valence-electron chi connectivity index (χ0n) is 15.3. The number of aromatic amines is 1. The third-order valence-electron chi connectivity index (χ3n) is 5.33. The Morgan fingerprint density at radius 2 is 1.93 bits per heavy atom. The van der Waals surface area contributed by atoms with E-state index in [-0.39, 0.29) is 5.56 Å². The average Bonchev–Trinajstić information content (AvgIpc) is 3.11. The van der Waals surface area contributed by atoms with Crippen molar-refractivity contribution in [2.24, 2.45) is 0 Å². The quantitative estimate of drug-likeness (QED) is 0.596. The molecular formula is C21H20FN5O. The Hall–Kier alpha value is -3.19. The first kappa shape index (κ1) is 16.9. The lowest BCUT2D eigenvalue weighted by Gasteiger charge is -2.35. The molecule has 1 fully saturated rings. The number of nitrogens with one attached hydrogen (secondary N) is 1. The molecule has 0 saturated carbocycles. The highest BCUT2D eigenvalue weighted by Gasteiger charge is 2.18. The second kappa shape index (κ2) is 6.76. The number of hydrogen-bond acceptors (Lipinski definition) is 4. The summed E-state index contributed by atoms with van der Waals surface area (Å²) >= 11 is 0. The van der Waals surface area contributed by atoms with Crippen LogP contribution in [0.25, 0.3) is 16.6 Å². The van der Waals surface area contributed by atoms with E-state index in [0.717, 1.165) is 49.8 Å². The SMILES string of the molecule is O=c1[nH]c2cc(CN3CCN(c4ccccn4)CC3)cn2c2ccc(F)cc12. The molecule has 3 aromatic heterocycles. The molecule has 0 radical (unpaired) electrons. The number of H-pyrrole nitrogens is 1. The molecule has 5 rings (SSSR count). The molecule has 1 aromatic carbocycles. The second-order valence-electron chi connectivity index (χ2n) is 7.17. The van der Waals surface area contributed by atoms with Gasteiger partial charge in [-0.3, -0.25) is 9.69 Å². The zero-order valence-corrected chi connectivity index (χ0v) is 15.3. The molecule has 0 bridgehead atoms. The summed E-state index contributed by atoms with van der Waals surface area (Å²) in [6.07, 6.45) is 3.85. The smallest absolute Gasteiger partial charge is 0.259 e. The van der Waals surface area contributed by atoms with Crippen molar-refractivity contribution in [2.75, 3.05) is 31.1 Å². The van der Waals surface area contributed by atoms with E-state index in [1.165, 1.54) is 12.1 Å². The van der Waals surface area contributed by atoms with Crippen LogP contribution in [0.2, 0.25) is 0 Å². The minimum atomic E-state index is -0.407. The Kier molecular flexibility index (Phi) is 4.09. The third kappa shape index (κ3) is 3.03. The predicted octanol–water partition coefficient (Wildman–Crippen LogP) is 2.64. The van der Waals surface area contributed by atoms with E-state index in [9.17, 15) is 9.18 Å². The van der Waals surface area contributed by atoms with Crippen LogP contribution in [-0.4, -0.2) is 45.4 Å². The predicted molar refractivity (Wildman–Crippen MR) is 107 cm³/mol. The Morgan fingerprint density at radius 1 is 1.07 bits per heavy atom. The van der Waals surface area contributed by atoms with Crippen molar-refractivity contribution in [3.8, 4) is 0 Å². The number of halogens is 1. The monoisotopic (exact) mass is 377 g/mol. The van der Waals surface area contributed by atoms with Crippen molar-refractivity contribution in [1.82, 2.24) is 19.3 Å². The molecule has 28 heavy (non-hydrogen) atoms. The lowest BCUT2D eigenvalue weighted by Crippen LogP contribution is -2.46. The van der Waals surface area contributed by atoms with Gasteiger partial charge >= 0.3 is 0 Å². The molecule has 7 heteroatoms. The van der Waals surface area contributed by atoms with Gasteiger partial charge in [0.2, 0.25) is 0 Å². The largest absolute Gasteiger partial charge is 0.354 e. The van der Waals surface area contributed by atoms with Crippen molar-refractivity contribution < 1.29 is 4.39 Å². The highest BCUT2D eigenvalue weighted by molar-refractivity contribution is 5.80. The fourth-order valence-corrected chi connectivity index (χ4v) is 3.92. The summed E-state index contributed by atoms with van der Waals surface area (Å²) in [5.74, 6) is 0.614. The normalized spacial score (nSPS) is 15.5. The van der Waals surface area contributed by atoms with Crippen LogP contribution < -0.4 is 10.5 Å². The zero-order chi connectivity index (χ0) is 19.1. The van der Waals surface area contributed by atoms with E-state index in [1.807, 2.05) is 41.1 Å². The van der Waals surface area contributed by atoms with Gasteiger partial charge in [0.1, 0.15) is 17.3 Å². The molecule has 0 amide bonds. The van der Waals surface area contributed by atoms with Crippen LogP contribution in [0.4, 0.5) is 10.2 Å². The van der Waals surface area contributed by atoms with Gasteiger partial charge in [0, 0.05) is 45.1 Å². The van der Waals surface area contributed by atoms with E-state index in [2.05, 4.69) is 19.8 Å². The summed E-state index contributed by atoms with van der Waals surface area (Å²) in [5, 5.41) is 0.360. The standard InChI is InChI=1S/C21H20FN5O/c22-16-4-5-18-17(12-16)21(28)24-20-11-15(14-27(18)20)13-25-7-9-26(10-8-25)19-3-1-2-6-23-19/h1-6,11-12,14H,7-10,13H2,(H,24,28). The van der Waals surface area contributed by atoms with Gasteiger partial charge in [-0.2, -0.15) is 0 Å². The van der Waals surface area contributed by atoms with Gasteiger partial charge in [-0.25, -0.2) is 9.37 Å². The van der Waals surface area contributed by atoms with E-state index < -0.39 is 5.82 Å². The second-order valence-corrected chi connectivity index (χ2v) is 7.17. The summed E-state index contributed by atoms with van der Waals surface area (Å²) in [4.78, 5) is 24.2. The van der Waals surface area contributed by atoms with Crippen molar-refractivity contribution in [2.45, 2.75) is 6.54 Å². The molecule has 0 spiro atoms. The number of fused-ring (bicyclic) bond motifs is 3. The van der Waals surface area contributed by atoms with Gasteiger partial charge in [-0.15, -0.1) is 0 Å². The van der Waals surface area contributed by atoms with Crippen LogP contribution in [0.15, 0.2) is 59.7 Å². The summed E-state index contributed by atoms with van der Waals surface area (Å²) in [7, 11) is 0. The van der Waals surface area contributed by atoms with Crippen molar-refractivity contribution in [3.05, 3.63) is 76.6 Å². The summed E-state index contributed by atoms with van der Waals surface area (Å²) in [6, 6.07) is 12.3. The topological polar surface area (TPSA) is 56.6 Å². The van der Waals surface area contributed by atoms with Gasteiger partial charge in [-0.1, -0.05) is 6.07 Å². The molecule has 1 aliphatic heterocycles. The number of aromatic nitrogens is 3. The van der Waals surface area contributed by atoms with Crippen LogP contribution >= 0.6 is 0 Å². The minimum Gasteiger partial charge on any atom is -0.354 e. The number of pyridine rings is 1. The lowest BCUT2D eigenvalue weighted by molar-refractivity contribution is 0.249. The molecule has 4 aromatic rings. The Labute approximate surface area is 160 Å².